The molecule has 1 unspecified atom stereocenters. The number of thiol groups is 1. The lowest BCUT2D eigenvalue weighted by molar-refractivity contribution is -0.132. The van der Waals surface area contributed by atoms with Crippen LogP contribution in [0.2, 0.25) is 0 Å². The quantitative estimate of drug-likeness (QED) is 0.470. The number of allylic oxidation sites excluding steroid dienone is 1. The van der Waals surface area contributed by atoms with Gasteiger partial charge >= 0.3 is 5.97 Å². The Hall–Kier alpha value is 0.230. The molecule has 0 heterocycles. The minimum Gasteiger partial charge on any atom is -0.478 e. The second-order valence-electron chi connectivity index (χ2n) is 2.73. The Balaban J connectivity index is 2.67. The van der Waals surface area contributed by atoms with Gasteiger partial charge in [0.2, 0.25) is 0 Å². The number of alkyl halides is 2. The maximum Gasteiger partial charge on any atom is 0.335 e. The molecule has 78 valence electrons. The summed E-state index contributed by atoms with van der Waals surface area (Å²) >= 11 is 16.8. The molecular formula is C8H8Cl2O2S2. The van der Waals surface area contributed by atoms with Crippen LogP contribution in [0.15, 0.2) is 23.8 Å². The maximum absolute atomic E-state index is 10.6. The van der Waals surface area contributed by atoms with Gasteiger partial charge in [-0.2, -0.15) is 12.6 Å². The number of carboxylic acid groups (broad SMARTS) is 1. The van der Waals surface area contributed by atoms with Crippen LogP contribution in [0, 0.1) is 0 Å². The van der Waals surface area contributed by atoms with E-state index in [1.807, 2.05) is 0 Å². The van der Waals surface area contributed by atoms with Gasteiger partial charge in [0.25, 0.3) is 0 Å². The van der Waals surface area contributed by atoms with Gasteiger partial charge in [-0.1, -0.05) is 35.4 Å². The monoisotopic (exact) mass is 270 g/mol. The molecule has 0 aromatic heterocycles. The van der Waals surface area contributed by atoms with Crippen molar-refractivity contribution in [3.63, 3.8) is 0 Å². The van der Waals surface area contributed by atoms with Crippen molar-refractivity contribution < 1.29 is 9.90 Å². The molecule has 0 radical (unpaired) electrons. The molecule has 0 aromatic rings. The Bertz CT molecular complexity index is 302. The Kier molecular flexibility index (Phi) is 4.25. The van der Waals surface area contributed by atoms with Gasteiger partial charge in [-0.3, -0.25) is 0 Å². The maximum atomic E-state index is 10.6. The molecule has 0 spiro atoms. The normalized spacial score (nSPS) is 26.4. The van der Waals surface area contributed by atoms with Crippen molar-refractivity contribution in [3.05, 3.63) is 23.8 Å². The third-order valence-corrected chi connectivity index (χ3v) is 3.75. The fourth-order valence-corrected chi connectivity index (χ4v) is 3.46. The summed E-state index contributed by atoms with van der Waals surface area (Å²) in [6.45, 7) is 0. The van der Waals surface area contributed by atoms with Crippen molar-refractivity contribution in [2.75, 3.05) is 0 Å². The van der Waals surface area contributed by atoms with Crippen molar-refractivity contribution in [3.8, 4) is 0 Å². The SMILES string of the molecule is O=C(O)C1=CCC(S)(SC(Cl)Cl)C=C1. The molecule has 0 bridgehead atoms. The summed E-state index contributed by atoms with van der Waals surface area (Å²) in [7, 11) is 0. The van der Waals surface area contributed by atoms with Crippen LogP contribution in [0.3, 0.4) is 0 Å². The molecule has 0 aromatic carbocycles. The van der Waals surface area contributed by atoms with Crippen LogP contribution >= 0.6 is 47.6 Å². The fraction of sp³-hybridized carbons (Fsp3) is 0.375. The van der Waals surface area contributed by atoms with E-state index >= 15 is 0 Å². The molecule has 0 fully saturated rings. The van der Waals surface area contributed by atoms with Gasteiger partial charge < -0.3 is 5.11 Å². The number of carboxylic acids is 1. The molecule has 0 saturated heterocycles. The molecule has 0 aliphatic heterocycles. The first-order valence-corrected chi connectivity index (χ1v) is 5.94. The Morgan fingerprint density at radius 2 is 2.36 bits per heavy atom. The summed E-state index contributed by atoms with van der Waals surface area (Å²) in [6, 6.07) is 0. The largest absolute Gasteiger partial charge is 0.478 e. The summed E-state index contributed by atoms with van der Waals surface area (Å²) in [5.41, 5.74) is 0.274. The smallest absolute Gasteiger partial charge is 0.335 e. The number of hydrogen-bond acceptors (Lipinski definition) is 3. The summed E-state index contributed by atoms with van der Waals surface area (Å²) in [6.07, 6.45) is 5.32. The average Bonchev–Trinajstić information content (AvgIpc) is 2.02. The standard InChI is InChI=1S/C8H8Cl2O2S2/c9-7(10)14-8(13)3-1-5(2-4-8)6(11)12/h1-3,7,13H,4H2,(H,11,12). The summed E-state index contributed by atoms with van der Waals surface area (Å²) in [4.78, 5) is 10.6. The zero-order valence-electron chi connectivity index (χ0n) is 6.98. The van der Waals surface area contributed by atoms with Crippen LogP contribution in [0.25, 0.3) is 0 Å². The highest BCUT2D eigenvalue weighted by atomic mass is 35.5. The number of hydrogen-bond donors (Lipinski definition) is 2. The lowest BCUT2D eigenvalue weighted by Crippen LogP contribution is -2.18. The predicted octanol–water partition coefficient (Wildman–Crippen LogP) is 3.08. The first-order valence-electron chi connectivity index (χ1n) is 3.74. The van der Waals surface area contributed by atoms with Crippen molar-refractivity contribution >= 4 is 53.6 Å². The van der Waals surface area contributed by atoms with Crippen LogP contribution in [0.4, 0.5) is 0 Å². The minimum absolute atomic E-state index is 0.274. The van der Waals surface area contributed by atoms with Crippen molar-refractivity contribution in [1.29, 1.82) is 0 Å². The van der Waals surface area contributed by atoms with Gasteiger partial charge in [0, 0.05) is 0 Å². The lowest BCUT2D eigenvalue weighted by atomic mass is 10.1. The topological polar surface area (TPSA) is 37.3 Å². The highest BCUT2D eigenvalue weighted by molar-refractivity contribution is 8.13. The molecule has 1 aliphatic rings. The van der Waals surface area contributed by atoms with Crippen LogP contribution < -0.4 is 0 Å². The van der Waals surface area contributed by atoms with Gasteiger partial charge in [-0.25, -0.2) is 4.79 Å². The van der Waals surface area contributed by atoms with Crippen LogP contribution in [0.1, 0.15) is 6.42 Å². The van der Waals surface area contributed by atoms with E-state index < -0.39 is 14.2 Å². The summed E-state index contributed by atoms with van der Waals surface area (Å²) in [5, 5.41) is 8.69. The van der Waals surface area contributed by atoms with E-state index in [0.717, 1.165) is 0 Å². The number of aliphatic carboxylic acids is 1. The van der Waals surface area contributed by atoms with E-state index in [9.17, 15) is 4.79 Å². The molecule has 1 atom stereocenters. The van der Waals surface area contributed by atoms with Crippen LogP contribution in [-0.2, 0) is 4.79 Å². The van der Waals surface area contributed by atoms with Crippen LogP contribution in [0.5, 0.6) is 0 Å². The van der Waals surface area contributed by atoms with Crippen molar-refractivity contribution in [1.82, 2.24) is 0 Å². The first-order chi connectivity index (χ1) is 6.43. The first kappa shape index (κ1) is 12.3. The number of halogens is 2. The highest BCUT2D eigenvalue weighted by Gasteiger charge is 2.28. The second-order valence-corrected chi connectivity index (χ2v) is 6.88. The lowest BCUT2D eigenvalue weighted by Gasteiger charge is -2.26. The van der Waals surface area contributed by atoms with E-state index in [1.54, 1.807) is 12.2 Å². The zero-order valence-corrected chi connectivity index (χ0v) is 10.2. The third-order valence-electron chi connectivity index (χ3n) is 1.68. The molecule has 14 heavy (non-hydrogen) atoms. The van der Waals surface area contributed by atoms with E-state index in [1.165, 1.54) is 17.8 Å². The zero-order chi connectivity index (χ0) is 10.8. The Morgan fingerprint density at radius 1 is 1.71 bits per heavy atom. The van der Waals surface area contributed by atoms with E-state index in [2.05, 4.69) is 12.6 Å². The predicted molar refractivity (Wildman–Crippen MR) is 64.3 cm³/mol. The average molecular weight is 271 g/mol. The molecule has 0 saturated carbocycles. The van der Waals surface area contributed by atoms with Crippen LogP contribution in [-0.4, -0.2) is 19.3 Å². The molecular weight excluding hydrogens is 263 g/mol. The number of rotatable bonds is 3. The molecule has 2 nitrogen and oxygen atoms in total. The van der Waals surface area contributed by atoms with Gasteiger partial charge in [-0.05, 0) is 12.5 Å². The highest BCUT2D eigenvalue weighted by Crippen LogP contribution is 2.42. The Morgan fingerprint density at radius 3 is 2.71 bits per heavy atom. The molecule has 1 N–H and O–H groups in total. The van der Waals surface area contributed by atoms with Crippen molar-refractivity contribution in [2.24, 2.45) is 0 Å². The van der Waals surface area contributed by atoms with Gasteiger partial charge in [0.1, 0.15) is 0 Å². The summed E-state index contributed by atoms with van der Waals surface area (Å²) in [5.74, 6) is -0.935. The second kappa shape index (κ2) is 4.84. The fourth-order valence-electron chi connectivity index (χ4n) is 1.01. The molecule has 6 heteroatoms. The van der Waals surface area contributed by atoms with Gasteiger partial charge in [-0.15, -0.1) is 11.8 Å². The summed E-state index contributed by atoms with van der Waals surface area (Å²) < 4.78 is -1.08. The van der Waals surface area contributed by atoms with Gasteiger partial charge in [0.15, 0.2) is 4.17 Å². The number of thioether (sulfide) groups is 1. The van der Waals surface area contributed by atoms with E-state index in [4.69, 9.17) is 28.3 Å². The Labute approximate surface area is 102 Å². The number of carbonyl (C=O) groups is 1. The molecule has 1 rings (SSSR count). The third kappa shape index (κ3) is 3.42. The molecule has 0 amide bonds. The minimum atomic E-state index is -0.935. The van der Waals surface area contributed by atoms with Gasteiger partial charge in [0.05, 0.1) is 9.65 Å². The van der Waals surface area contributed by atoms with Crippen molar-refractivity contribution in [2.45, 2.75) is 14.7 Å². The van der Waals surface area contributed by atoms with E-state index in [-0.39, 0.29) is 5.57 Å². The van der Waals surface area contributed by atoms with E-state index in [0.29, 0.717) is 6.42 Å². The molecule has 1 aliphatic carbocycles.